The van der Waals surface area contributed by atoms with Crippen molar-refractivity contribution in [3.8, 4) is 0 Å². The second kappa shape index (κ2) is 8.02. The third-order valence-corrected chi connectivity index (χ3v) is 5.47. The summed E-state index contributed by atoms with van der Waals surface area (Å²) in [5.74, 6) is 1.80. The predicted molar refractivity (Wildman–Crippen MR) is 83.3 cm³/mol. The van der Waals surface area contributed by atoms with Gasteiger partial charge in [-0.05, 0) is 56.9 Å². The molecule has 2 rings (SSSR count). The first-order valence-electron chi connectivity index (χ1n) is 8.75. The number of hydrogen-bond acceptors (Lipinski definition) is 2. The van der Waals surface area contributed by atoms with Gasteiger partial charge in [-0.25, -0.2) is 0 Å². The minimum absolute atomic E-state index is 0.218. The Morgan fingerprint density at radius 2 is 1.90 bits per heavy atom. The maximum Gasteiger partial charge on any atom is 0.223 e. The predicted octanol–water partition coefficient (Wildman–Crippen LogP) is 3.23. The lowest BCUT2D eigenvalue weighted by Gasteiger charge is -2.33. The van der Waals surface area contributed by atoms with Crippen molar-refractivity contribution in [2.24, 2.45) is 23.5 Å². The lowest BCUT2D eigenvalue weighted by atomic mass is 9.79. The van der Waals surface area contributed by atoms with Gasteiger partial charge in [0.05, 0.1) is 0 Å². The maximum absolute atomic E-state index is 12.5. The smallest absolute Gasteiger partial charge is 0.223 e. The summed E-state index contributed by atoms with van der Waals surface area (Å²) in [6.07, 6.45) is 12.2. The second-order valence-corrected chi connectivity index (χ2v) is 6.89. The number of amides is 1. The Balaban J connectivity index is 1.84. The fourth-order valence-electron chi connectivity index (χ4n) is 4.13. The highest BCUT2D eigenvalue weighted by Crippen LogP contribution is 2.30. The molecular formula is C17H32N2O. The normalized spacial score (nSPS) is 29.9. The van der Waals surface area contributed by atoms with Gasteiger partial charge in [0.2, 0.25) is 5.91 Å². The average Bonchev–Trinajstić information content (AvgIpc) is 2.53. The summed E-state index contributed by atoms with van der Waals surface area (Å²) in [6.45, 7) is 2.95. The van der Waals surface area contributed by atoms with Gasteiger partial charge in [0.15, 0.2) is 0 Å². The molecule has 2 saturated carbocycles. The van der Waals surface area contributed by atoms with Crippen LogP contribution in [-0.4, -0.2) is 18.5 Å². The van der Waals surface area contributed by atoms with E-state index in [4.69, 9.17) is 5.73 Å². The van der Waals surface area contributed by atoms with Crippen LogP contribution in [0.25, 0.3) is 0 Å². The molecule has 3 unspecified atom stereocenters. The molecule has 3 atom stereocenters. The van der Waals surface area contributed by atoms with Gasteiger partial charge in [0, 0.05) is 12.0 Å². The van der Waals surface area contributed by atoms with E-state index < -0.39 is 0 Å². The van der Waals surface area contributed by atoms with Crippen molar-refractivity contribution in [1.82, 2.24) is 5.32 Å². The van der Waals surface area contributed by atoms with Crippen molar-refractivity contribution in [2.45, 2.75) is 77.2 Å². The topological polar surface area (TPSA) is 55.1 Å². The van der Waals surface area contributed by atoms with Gasteiger partial charge in [-0.1, -0.05) is 32.6 Å². The monoisotopic (exact) mass is 280 g/mol. The summed E-state index contributed by atoms with van der Waals surface area (Å²) in [4.78, 5) is 12.5. The summed E-state index contributed by atoms with van der Waals surface area (Å²) in [5, 5.41) is 3.37. The maximum atomic E-state index is 12.5. The van der Waals surface area contributed by atoms with E-state index in [9.17, 15) is 4.79 Å². The van der Waals surface area contributed by atoms with Crippen molar-refractivity contribution >= 4 is 5.91 Å². The van der Waals surface area contributed by atoms with Crippen LogP contribution in [0.15, 0.2) is 0 Å². The molecule has 116 valence electrons. The first kappa shape index (κ1) is 15.8. The first-order valence-corrected chi connectivity index (χ1v) is 8.75. The standard InChI is InChI=1S/C17H32N2O/c1-2-16(14-8-4-3-5-9-14)19-17(20)15-10-6-7-13(11-15)12-18/h13-16H,2-12,18H2,1H3,(H,19,20). The molecule has 0 spiro atoms. The van der Waals surface area contributed by atoms with Crippen molar-refractivity contribution in [3.05, 3.63) is 0 Å². The van der Waals surface area contributed by atoms with Crippen molar-refractivity contribution in [3.63, 3.8) is 0 Å². The van der Waals surface area contributed by atoms with Gasteiger partial charge in [-0.3, -0.25) is 4.79 Å². The van der Waals surface area contributed by atoms with Crippen LogP contribution in [-0.2, 0) is 4.79 Å². The molecule has 3 nitrogen and oxygen atoms in total. The Bertz CT molecular complexity index is 299. The molecule has 2 fully saturated rings. The van der Waals surface area contributed by atoms with Crippen molar-refractivity contribution in [2.75, 3.05) is 6.54 Å². The zero-order chi connectivity index (χ0) is 14.4. The highest BCUT2D eigenvalue weighted by atomic mass is 16.1. The Morgan fingerprint density at radius 3 is 2.55 bits per heavy atom. The third-order valence-electron chi connectivity index (χ3n) is 5.47. The molecule has 3 heteroatoms. The van der Waals surface area contributed by atoms with Crippen LogP contribution in [0.1, 0.15) is 71.1 Å². The molecule has 0 radical (unpaired) electrons. The molecule has 2 aliphatic rings. The average molecular weight is 280 g/mol. The van der Waals surface area contributed by atoms with E-state index in [2.05, 4.69) is 12.2 Å². The van der Waals surface area contributed by atoms with Crippen LogP contribution >= 0.6 is 0 Å². The molecule has 0 heterocycles. The number of carbonyl (C=O) groups excluding carboxylic acids is 1. The number of rotatable bonds is 5. The van der Waals surface area contributed by atoms with E-state index in [1.165, 1.54) is 44.9 Å². The first-order chi connectivity index (χ1) is 9.74. The second-order valence-electron chi connectivity index (χ2n) is 6.89. The van der Waals surface area contributed by atoms with Gasteiger partial charge in [-0.2, -0.15) is 0 Å². The van der Waals surface area contributed by atoms with Crippen LogP contribution < -0.4 is 11.1 Å². The van der Waals surface area contributed by atoms with E-state index >= 15 is 0 Å². The van der Waals surface area contributed by atoms with E-state index in [1.54, 1.807) is 0 Å². The zero-order valence-corrected chi connectivity index (χ0v) is 13.1. The van der Waals surface area contributed by atoms with Gasteiger partial charge in [-0.15, -0.1) is 0 Å². The quantitative estimate of drug-likeness (QED) is 0.812. The molecule has 0 aromatic heterocycles. The molecule has 0 aromatic carbocycles. The van der Waals surface area contributed by atoms with Gasteiger partial charge in [0.1, 0.15) is 0 Å². The molecule has 0 bridgehead atoms. The summed E-state index contributed by atoms with van der Waals surface area (Å²) in [5.41, 5.74) is 5.78. The third kappa shape index (κ3) is 4.21. The van der Waals surface area contributed by atoms with E-state index in [1.807, 2.05) is 0 Å². The Morgan fingerprint density at radius 1 is 1.15 bits per heavy atom. The number of hydrogen-bond donors (Lipinski definition) is 2. The number of nitrogens with two attached hydrogens (primary N) is 1. The zero-order valence-electron chi connectivity index (χ0n) is 13.1. The van der Waals surface area contributed by atoms with E-state index in [-0.39, 0.29) is 5.92 Å². The van der Waals surface area contributed by atoms with Crippen LogP contribution in [0, 0.1) is 17.8 Å². The molecule has 3 N–H and O–H groups in total. The van der Waals surface area contributed by atoms with Crippen LogP contribution in [0.3, 0.4) is 0 Å². The Kier molecular flexibility index (Phi) is 6.34. The summed E-state index contributed by atoms with van der Waals surface area (Å²) in [6, 6.07) is 0.404. The van der Waals surface area contributed by atoms with Crippen LogP contribution in [0.2, 0.25) is 0 Å². The molecule has 0 aromatic rings. The largest absolute Gasteiger partial charge is 0.353 e. The van der Waals surface area contributed by atoms with E-state index in [0.717, 1.165) is 25.8 Å². The highest BCUT2D eigenvalue weighted by molar-refractivity contribution is 5.79. The summed E-state index contributed by atoms with van der Waals surface area (Å²) in [7, 11) is 0. The Labute approximate surface area is 124 Å². The fraction of sp³-hybridized carbons (Fsp3) is 0.941. The Hall–Kier alpha value is -0.570. The van der Waals surface area contributed by atoms with Crippen LogP contribution in [0.5, 0.6) is 0 Å². The summed E-state index contributed by atoms with van der Waals surface area (Å²) >= 11 is 0. The molecule has 0 aliphatic heterocycles. The molecule has 1 amide bonds. The lowest BCUT2D eigenvalue weighted by molar-refractivity contribution is -0.127. The van der Waals surface area contributed by atoms with Gasteiger partial charge < -0.3 is 11.1 Å². The lowest BCUT2D eigenvalue weighted by Crippen LogP contribution is -2.44. The van der Waals surface area contributed by atoms with Gasteiger partial charge in [0.25, 0.3) is 0 Å². The number of carbonyl (C=O) groups is 1. The minimum atomic E-state index is 0.218. The van der Waals surface area contributed by atoms with E-state index in [0.29, 0.717) is 23.8 Å². The molecule has 0 saturated heterocycles. The van der Waals surface area contributed by atoms with Crippen molar-refractivity contribution in [1.29, 1.82) is 0 Å². The molecule has 2 aliphatic carbocycles. The molecule has 20 heavy (non-hydrogen) atoms. The summed E-state index contributed by atoms with van der Waals surface area (Å²) < 4.78 is 0. The van der Waals surface area contributed by atoms with Gasteiger partial charge >= 0.3 is 0 Å². The minimum Gasteiger partial charge on any atom is -0.353 e. The fourth-order valence-corrected chi connectivity index (χ4v) is 4.13. The number of nitrogens with one attached hydrogen (secondary N) is 1. The van der Waals surface area contributed by atoms with Crippen molar-refractivity contribution < 1.29 is 4.79 Å². The SMILES string of the molecule is CCC(NC(=O)C1CCCC(CN)C1)C1CCCCC1. The highest BCUT2D eigenvalue weighted by Gasteiger charge is 2.30. The van der Waals surface area contributed by atoms with Crippen LogP contribution in [0.4, 0.5) is 0 Å². The molecular weight excluding hydrogens is 248 g/mol.